The minimum absolute atomic E-state index is 0.314. The van der Waals surface area contributed by atoms with E-state index in [0.29, 0.717) is 27.8 Å². The molecule has 4 nitrogen and oxygen atoms in total. The standard InChI is InChI=1S/C13H11ClN2O2/c14-11-6-8(13(16)17)4-5-12(11)18-10-3-1-2-9(15)7-10/h1-7H,15H2,(H2,16,17). The molecule has 0 atom stereocenters. The van der Waals surface area contributed by atoms with Crippen molar-refractivity contribution in [2.45, 2.75) is 0 Å². The highest BCUT2D eigenvalue weighted by atomic mass is 35.5. The second-order valence-electron chi connectivity index (χ2n) is 3.68. The van der Waals surface area contributed by atoms with Crippen molar-refractivity contribution >= 4 is 23.2 Å². The molecule has 0 aliphatic heterocycles. The largest absolute Gasteiger partial charge is 0.456 e. The summed E-state index contributed by atoms with van der Waals surface area (Å²) in [7, 11) is 0. The van der Waals surface area contributed by atoms with Crippen LogP contribution in [0.1, 0.15) is 10.4 Å². The van der Waals surface area contributed by atoms with E-state index in [4.69, 9.17) is 27.8 Å². The van der Waals surface area contributed by atoms with E-state index < -0.39 is 5.91 Å². The van der Waals surface area contributed by atoms with E-state index in [9.17, 15) is 4.79 Å². The summed E-state index contributed by atoms with van der Waals surface area (Å²) in [5.41, 5.74) is 11.7. The van der Waals surface area contributed by atoms with Gasteiger partial charge in [0, 0.05) is 17.3 Å². The summed E-state index contributed by atoms with van der Waals surface area (Å²) in [6.07, 6.45) is 0. The number of ether oxygens (including phenoxy) is 1. The molecule has 0 aliphatic carbocycles. The van der Waals surface area contributed by atoms with E-state index in [1.807, 2.05) is 0 Å². The summed E-state index contributed by atoms with van der Waals surface area (Å²) in [4.78, 5) is 11.0. The van der Waals surface area contributed by atoms with Crippen LogP contribution >= 0.6 is 11.6 Å². The highest BCUT2D eigenvalue weighted by Gasteiger charge is 2.07. The average Bonchev–Trinajstić information content (AvgIpc) is 2.31. The number of hydrogen-bond acceptors (Lipinski definition) is 3. The first-order valence-corrected chi connectivity index (χ1v) is 5.57. The van der Waals surface area contributed by atoms with Crippen molar-refractivity contribution in [3.63, 3.8) is 0 Å². The molecule has 0 unspecified atom stereocenters. The molecule has 0 saturated heterocycles. The quantitative estimate of drug-likeness (QED) is 0.835. The number of halogens is 1. The lowest BCUT2D eigenvalue weighted by Gasteiger charge is -2.08. The molecule has 92 valence electrons. The molecule has 2 aromatic rings. The SMILES string of the molecule is NC(=O)c1ccc(Oc2cccc(N)c2)c(Cl)c1. The highest BCUT2D eigenvalue weighted by Crippen LogP contribution is 2.30. The average molecular weight is 263 g/mol. The van der Waals surface area contributed by atoms with E-state index in [1.165, 1.54) is 6.07 Å². The lowest BCUT2D eigenvalue weighted by molar-refractivity contribution is 0.100. The van der Waals surface area contributed by atoms with Gasteiger partial charge >= 0.3 is 0 Å². The maximum atomic E-state index is 11.0. The molecule has 0 fully saturated rings. The third kappa shape index (κ3) is 2.73. The first-order valence-electron chi connectivity index (χ1n) is 5.19. The van der Waals surface area contributed by atoms with Gasteiger partial charge in [-0.1, -0.05) is 17.7 Å². The molecule has 0 heterocycles. The minimum Gasteiger partial charge on any atom is -0.456 e. The van der Waals surface area contributed by atoms with E-state index in [1.54, 1.807) is 36.4 Å². The number of hydrogen-bond donors (Lipinski definition) is 2. The van der Waals surface area contributed by atoms with Crippen molar-refractivity contribution < 1.29 is 9.53 Å². The summed E-state index contributed by atoms with van der Waals surface area (Å²) in [5, 5.41) is 0.314. The van der Waals surface area contributed by atoms with Crippen LogP contribution in [0.5, 0.6) is 11.5 Å². The minimum atomic E-state index is -0.535. The van der Waals surface area contributed by atoms with Crippen molar-refractivity contribution in [1.82, 2.24) is 0 Å². The number of nitrogens with two attached hydrogens (primary N) is 2. The molecular formula is C13H11ClN2O2. The molecule has 0 radical (unpaired) electrons. The van der Waals surface area contributed by atoms with Crippen molar-refractivity contribution in [2.24, 2.45) is 5.73 Å². The van der Waals surface area contributed by atoms with E-state index >= 15 is 0 Å². The molecule has 1 amide bonds. The van der Waals surface area contributed by atoms with Crippen LogP contribution in [0, 0.1) is 0 Å². The number of primary amides is 1. The molecule has 5 heteroatoms. The maximum absolute atomic E-state index is 11.0. The van der Waals surface area contributed by atoms with Gasteiger partial charge in [-0.3, -0.25) is 4.79 Å². The Balaban J connectivity index is 2.27. The van der Waals surface area contributed by atoms with Crippen LogP contribution in [-0.4, -0.2) is 5.91 Å². The van der Waals surface area contributed by atoms with Crippen molar-refractivity contribution in [1.29, 1.82) is 0 Å². The molecule has 18 heavy (non-hydrogen) atoms. The lowest BCUT2D eigenvalue weighted by atomic mass is 10.2. The van der Waals surface area contributed by atoms with Gasteiger partial charge in [0.15, 0.2) is 0 Å². The number of carbonyl (C=O) groups excluding carboxylic acids is 1. The van der Waals surface area contributed by atoms with Crippen LogP contribution in [0.3, 0.4) is 0 Å². The summed E-state index contributed by atoms with van der Waals surface area (Å²) < 4.78 is 5.56. The smallest absolute Gasteiger partial charge is 0.248 e. The second-order valence-corrected chi connectivity index (χ2v) is 4.09. The Morgan fingerprint density at radius 2 is 1.94 bits per heavy atom. The number of benzene rings is 2. The number of anilines is 1. The lowest BCUT2D eigenvalue weighted by Crippen LogP contribution is -2.10. The normalized spacial score (nSPS) is 10.1. The van der Waals surface area contributed by atoms with E-state index in [2.05, 4.69) is 0 Å². The van der Waals surface area contributed by atoms with Crippen molar-refractivity contribution in [2.75, 3.05) is 5.73 Å². The summed E-state index contributed by atoms with van der Waals surface area (Å²) >= 11 is 6.00. The van der Waals surface area contributed by atoms with Gasteiger partial charge < -0.3 is 16.2 Å². The molecule has 2 aromatic carbocycles. The van der Waals surface area contributed by atoms with Crippen LogP contribution in [0.4, 0.5) is 5.69 Å². The molecule has 0 saturated carbocycles. The Morgan fingerprint density at radius 1 is 1.17 bits per heavy atom. The van der Waals surface area contributed by atoms with E-state index in [-0.39, 0.29) is 0 Å². The van der Waals surface area contributed by atoms with Crippen LogP contribution in [0.2, 0.25) is 5.02 Å². The molecular weight excluding hydrogens is 252 g/mol. The zero-order valence-electron chi connectivity index (χ0n) is 9.39. The Kier molecular flexibility index (Phi) is 3.39. The number of nitrogen functional groups attached to an aromatic ring is 1. The third-order valence-corrected chi connectivity index (χ3v) is 2.60. The molecule has 0 aromatic heterocycles. The summed E-state index contributed by atoms with van der Waals surface area (Å²) in [6, 6.07) is 11.6. The van der Waals surface area contributed by atoms with Gasteiger partial charge in [-0.05, 0) is 30.3 Å². The fourth-order valence-electron chi connectivity index (χ4n) is 1.44. The van der Waals surface area contributed by atoms with Gasteiger partial charge in [-0.2, -0.15) is 0 Å². The molecule has 0 aliphatic rings. The summed E-state index contributed by atoms with van der Waals surface area (Å²) in [5.74, 6) is 0.475. The van der Waals surface area contributed by atoms with Gasteiger partial charge in [0.2, 0.25) is 5.91 Å². The topological polar surface area (TPSA) is 78.3 Å². The van der Waals surface area contributed by atoms with E-state index in [0.717, 1.165) is 0 Å². The molecule has 4 N–H and O–H groups in total. The van der Waals surface area contributed by atoms with Gasteiger partial charge in [-0.25, -0.2) is 0 Å². The first-order chi connectivity index (χ1) is 8.56. The zero-order valence-corrected chi connectivity index (χ0v) is 10.1. The Labute approximate surface area is 109 Å². The number of rotatable bonds is 3. The fraction of sp³-hybridized carbons (Fsp3) is 0. The Hall–Kier alpha value is -2.20. The summed E-state index contributed by atoms with van der Waals surface area (Å²) in [6.45, 7) is 0. The maximum Gasteiger partial charge on any atom is 0.248 e. The fourth-order valence-corrected chi connectivity index (χ4v) is 1.66. The van der Waals surface area contributed by atoms with Crippen LogP contribution in [-0.2, 0) is 0 Å². The number of carbonyl (C=O) groups is 1. The van der Waals surface area contributed by atoms with Crippen molar-refractivity contribution in [3.8, 4) is 11.5 Å². The van der Waals surface area contributed by atoms with Gasteiger partial charge in [0.05, 0.1) is 5.02 Å². The van der Waals surface area contributed by atoms with Gasteiger partial charge in [-0.15, -0.1) is 0 Å². The third-order valence-electron chi connectivity index (χ3n) is 2.30. The number of amides is 1. The second kappa shape index (κ2) is 4.98. The van der Waals surface area contributed by atoms with Gasteiger partial charge in [0.25, 0.3) is 0 Å². The monoisotopic (exact) mass is 262 g/mol. The predicted octanol–water partition coefficient (Wildman–Crippen LogP) is 2.81. The highest BCUT2D eigenvalue weighted by molar-refractivity contribution is 6.32. The van der Waals surface area contributed by atoms with Crippen LogP contribution < -0.4 is 16.2 Å². The first kappa shape index (κ1) is 12.3. The molecule has 0 bridgehead atoms. The molecule has 0 spiro atoms. The Bertz CT molecular complexity index is 599. The van der Waals surface area contributed by atoms with Crippen molar-refractivity contribution in [3.05, 3.63) is 53.1 Å². The van der Waals surface area contributed by atoms with Crippen LogP contribution in [0.15, 0.2) is 42.5 Å². The van der Waals surface area contributed by atoms with Crippen LogP contribution in [0.25, 0.3) is 0 Å². The molecule has 2 rings (SSSR count). The van der Waals surface area contributed by atoms with Gasteiger partial charge in [0.1, 0.15) is 11.5 Å². The predicted molar refractivity (Wildman–Crippen MR) is 70.9 cm³/mol. The Morgan fingerprint density at radius 3 is 2.56 bits per heavy atom. The zero-order chi connectivity index (χ0) is 13.1.